The molecule has 1 unspecified atom stereocenters. The van der Waals surface area contributed by atoms with Crippen molar-refractivity contribution in [3.05, 3.63) is 24.0 Å². The van der Waals surface area contributed by atoms with Gasteiger partial charge in [0.05, 0.1) is 17.2 Å². The van der Waals surface area contributed by atoms with Crippen LogP contribution in [0.5, 0.6) is 0 Å². The third kappa shape index (κ3) is 2.74. The van der Waals surface area contributed by atoms with Crippen molar-refractivity contribution in [2.24, 2.45) is 0 Å². The van der Waals surface area contributed by atoms with Gasteiger partial charge in [-0.05, 0) is 24.6 Å². The summed E-state index contributed by atoms with van der Waals surface area (Å²) in [5.74, 6) is -0.740. The van der Waals surface area contributed by atoms with Crippen molar-refractivity contribution >= 4 is 15.7 Å². The fourth-order valence-electron chi connectivity index (χ4n) is 1.59. The largest absolute Gasteiger partial charge is 0.396 e. The van der Waals surface area contributed by atoms with E-state index in [4.69, 9.17) is 10.5 Å². The molecule has 0 saturated carbocycles. The number of nitrogens with two attached hydrogens (primary N) is 1. The number of halogens is 1. The Morgan fingerprint density at radius 2 is 2.24 bits per heavy atom. The van der Waals surface area contributed by atoms with Crippen LogP contribution in [-0.2, 0) is 14.8 Å². The second kappa shape index (κ2) is 4.59. The van der Waals surface area contributed by atoms with Crippen molar-refractivity contribution in [3.63, 3.8) is 0 Å². The van der Waals surface area contributed by atoms with Crippen LogP contribution in [0.1, 0.15) is 6.42 Å². The van der Waals surface area contributed by atoms with E-state index in [2.05, 4.69) is 4.72 Å². The van der Waals surface area contributed by atoms with E-state index in [1.54, 1.807) is 0 Å². The maximum Gasteiger partial charge on any atom is 0.241 e. The van der Waals surface area contributed by atoms with Gasteiger partial charge in [-0.2, -0.15) is 0 Å². The molecular weight excluding hydrogens is 247 g/mol. The van der Waals surface area contributed by atoms with E-state index < -0.39 is 15.8 Å². The third-order valence-electron chi connectivity index (χ3n) is 2.53. The Balaban J connectivity index is 2.21. The average molecular weight is 260 g/mol. The molecule has 0 bridgehead atoms. The number of sulfonamides is 1. The maximum absolute atomic E-state index is 13.2. The van der Waals surface area contributed by atoms with Gasteiger partial charge in [-0.1, -0.05) is 0 Å². The van der Waals surface area contributed by atoms with Crippen LogP contribution in [0.2, 0.25) is 0 Å². The number of anilines is 1. The molecule has 2 rings (SSSR count). The zero-order valence-corrected chi connectivity index (χ0v) is 9.84. The summed E-state index contributed by atoms with van der Waals surface area (Å²) in [5, 5.41) is 0. The molecule has 17 heavy (non-hydrogen) atoms. The van der Waals surface area contributed by atoms with Gasteiger partial charge in [0.2, 0.25) is 10.0 Å². The van der Waals surface area contributed by atoms with Crippen molar-refractivity contribution in [1.82, 2.24) is 4.72 Å². The zero-order valence-electron chi connectivity index (χ0n) is 9.02. The fourth-order valence-corrected chi connectivity index (χ4v) is 2.86. The minimum absolute atomic E-state index is 0.0758. The van der Waals surface area contributed by atoms with Crippen LogP contribution in [0.15, 0.2) is 23.1 Å². The second-order valence-corrected chi connectivity index (χ2v) is 5.58. The van der Waals surface area contributed by atoms with Gasteiger partial charge in [0, 0.05) is 12.6 Å². The molecule has 7 heteroatoms. The van der Waals surface area contributed by atoms with Gasteiger partial charge in [-0.3, -0.25) is 0 Å². The Morgan fingerprint density at radius 1 is 1.47 bits per heavy atom. The maximum atomic E-state index is 13.2. The van der Waals surface area contributed by atoms with Crippen LogP contribution in [-0.4, -0.2) is 27.7 Å². The average Bonchev–Trinajstić information content (AvgIpc) is 2.73. The van der Waals surface area contributed by atoms with Crippen LogP contribution in [0.25, 0.3) is 0 Å². The van der Waals surface area contributed by atoms with E-state index in [0.717, 1.165) is 6.07 Å². The molecule has 94 valence electrons. The quantitative estimate of drug-likeness (QED) is 0.774. The number of rotatable bonds is 3. The summed E-state index contributed by atoms with van der Waals surface area (Å²) in [6.07, 6.45) is 0.622. The number of nitrogens with one attached hydrogen (secondary N) is 1. The number of hydrogen-bond donors (Lipinski definition) is 2. The molecule has 0 spiro atoms. The lowest BCUT2D eigenvalue weighted by atomic mass is 10.3. The predicted octanol–water partition coefficient (Wildman–Crippen LogP) is 0.475. The molecule has 0 aromatic heterocycles. The Bertz CT molecular complexity index is 512. The lowest BCUT2D eigenvalue weighted by Gasteiger charge is -2.11. The van der Waals surface area contributed by atoms with Gasteiger partial charge in [0.15, 0.2) is 0 Å². The molecule has 1 atom stereocenters. The third-order valence-corrected chi connectivity index (χ3v) is 4.05. The molecule has 0 aliphatic carbocycles. The highest BCUT2D eigenvalue weighted by molar-refractivity contribution is 7.89. The molecule has 1 aliphatic heterocycles. The Kier molecular flexibility index (Phi) is 3.32. The predicted molar refractivity (Wildman–Crippen MR) is 60.4 cm³/mol. The lowest BCUT2D eigenvalue weighted by Crippen LogP contribution is -2.35. The topological polar surface area (TPSA) is 81.4 Å². The molecule has 0 amide bonds. The van der Waals surface area contributed by atoms with Crippen molar-refractivity contribution in [2.45, 2.75) is 17.4 Å². The normalized spacial score (nSPS) is 20.6. The SMILES string of the molecule is Nc1ccc(S(=O)(=O)NC2CCOC2)cc1F. The number of benzene rings is 1. The molecule has 1 fully saturated rings. The van der Waals surface area contributed by atoms with Crippen LogP contribution < -0.4 is 10.5 Å². The Morgan fingerprint density at radius 3 is 2.82 bits per heavy atom. The molecular formula is C10H13FN2O3S. The lowest BCUT2D eigenvalue weighted by molar-refractivity contribution is 0.192. The first kappa shape index (κ1) is 12.3. The minimum atomic E-state index is -3.71. The number of nitrogen functional groups attached to an aromatic ring is 1. The first-order valence-corrected chi connectivity index (χ1v) is 6.62. The van der Waals surface area contributed by atoms with Crippen molar-refractivity contribution < 1.29 is 17.5 Å². The Hall–Kier alpha value is -1.18. The van der Waals surface area contributed by atoms with E-state index in [1.807, 2.05) is 0 Å². The highest BCUT2D eigenvalue weighted by atomic mass is 32.2. The highest BCUT2D eigenvalue weighted by Crippen LogP contribution is 2.17. The van der Waals surface area contributed by atoms with Crippen LogP contribution in [0.4, 0.5) is 10.1 Å². The molecule has 1 heterocycles. The van der Waals surface area contributed by atoms with E-state index in [0.29, 0.717) is 19.6 Å². The second-order valence-electron chi connectivity index (χ2n) is 3.87. The van der Waals surface area contributed by atoms with Gasteiger partial charge in [0.25, 0.3) is 0 Å². The number of hydrogen-bond acceptors (Lipinski definition) is 4. The van der Waals surface area contributed by atoms with Crippen LogP contribution in [0.3, 0.4) is 0 Å². The summed E-state index contributed by atoms with van der Waals surface area (Å²) in [5.41, 5.74) is 5.21. The minimum Gasteiger partial charge on any atom is -0.396 e. The monoisotopic (exact) mass is 260 g/mol. The van der Waals surface area contributed by atoms with Crippen molar-refractivity contribution in [3.8, 4) is 0 Å². The smallest absolute Gasteiger partial charge is 0.241 e. The van der Waals surface area contributed by atoms with E-state index in [1.165, 1.54) is 12.1 Å². The van der Waals surface area contributed by atoms with E-state index in [-0.39, 0.29) is 16.6 Å². The van der Waals surface area contributed by atoms with Crippen LogP contribution >= 0.6 is 0 Å². The van der Waals surface area contributed by atoms with Gasteiger partial charge in [-0.15, -0.1) is 0 Å². The summed E-state index contributed by atoms with van der Waals surface area (Å²) >= 11 is 0. The first-order valence-electron chi connectivity index (χ1n) is 5.14. The fraction of sp³-hybridized carbons (Fsp3) is 0.400. The Labute approximate surface area is 98.8 Å². The first-order chi connectivity index (χ1) is 7.99. The summed E-state index contributed by atoms with van der Waals surface area (Å²) in [4.78, 5) is -0.129. The van der Waals surface area contributed by atoms with E-state index in [9.17, 15) is 12.8 Å². The van der Waals surface area contributed by atoms with Crippen molar-refractivity contribution in [2.75, 3.05) is 18.9 Å². The summed E-state index contributed by atoms with van der Waals surface area (Å²) in [6.45, 7) is 0.875. The molecule has 0 radical (unpaired) electrons. The molecule has 1 aliphatic rings. The summed E-state index contributed by atoms with van der Waals surface area (Å²) in [7, 11) is -3.71. The van der Waals surface area contributed by atoms with Gasteiger partial charge in [0.1, 0.15) is 5.82 Å². The zero-order chi connectivity index (χ0) is 12.5. The molecule has 1 aromatic carbocycles. The highest BCUT2D eigenvalue weighted by Gasteiger charge is 2.23. The summed E-state index contributed by atoms with van der Waals surface area (Å²) in [6, 6.07) is 3.17. The molecule has 5 nitrogen and oxygen atoms in total. The molecule has 1 saturated heterocycles. The number of ether oxygens (including phenoxy) is 1. The summed E-state index contributed by atoms with van der Waals surface area (Å²) < 4.78 is 44.5. The van der Waals surface area contributed by atoms with Crippen LogP contribution in [0, 0.1) is 5.82 Å². The van der Waals surface area contributed by atoms with Crippen molar-refractivity contribution in [1.29, 1.82) is 0 Å². The molecule has 1 aromatic rings. The van der Waals surface area contributed by atoms with E-state index >= 15 is 0 Å². The van der Waals surface area contributed by atoms with Gasteiger partial charge >= 0.3 is 0 Å². The van der Waals surface area contributed by atoms with Gasteiger partial charge < -0.3 is 10.5 Å². The molecule has 3 N–H and O–H groups in total. The van der Waals surface area contributed by atoms with Gasteiger partial charge in [-0.25, -0.2) is 17.5 Å². The standard InChI is InChI=1S/C10H13FN2O3S/c11-9-5-8(1-2-10(9)12)17(14,15)13-7-3-4-16-6-7/h1-2,5,7,13H,3-4,6,12H2.